The molecule has 2 aromatic heterocycles. The maximum Gasteiger partial charge on any atom is 0.0961 e. The molecular formula is C16H15NOS2. The number of benzene rings is 1. The van der Waals surface area contributed by atoms with Gasteiger partial charge in [-0.1, -0.05) is 30.3 Å². The minimum Gasteiger partial charge on any atom is -0.388 e. The van der Waals surface area contributed by atoms with Gasteiger partial charge in [-0.05, 0) is 28.8 Å². The Labute approximate surface area is 126 Å². The van der Waals surface area contributed by atoms with Crippen LogP contribution in [0.4, 0.5) is 0 Å². The van der Waals surface area contributed by atoms with E-state index in [9.17, 15) is 5.11 Å². The Morgan fingerprint density at radius 2 is 1.95 bits per heavy atom. The fraction of sp³-hybridized carbons (Fsp3) is 0.188. The summed E-state index contributed by atoms with van der Waals surface area (Å²) < 4.78 is 0. The van der Waals surface area contributed by atoms with Gasteiger partial charge in [-0.2, -0.15) is 11.3 Å². The first-order valence-electron chi connectivity index (χ1n) is 6.44. The van der Waals surface area contributed by atoms with Crippen LogP contribution >= 0.6 is 22.7 Å². The molecule has 102 valence electrons. The van der Waals surface area contributed by atoms with Crippen LogP contribution < -0.4 is 0 Å². The fourth-order valence-corrected chi connectivity index (χ4v) is 3.87. The van der Waals surface area contributed by atoms with Gasteiger partial charge in [0.25, 0.3) is 0 Å². The molecule has 0 saturated carbocycles. The molecule has 0 aliphatic heterocycles. The van der Waals surface area contributed by atoms with E-state index < -0.39 is 6.10 Å². The Balaban J connectivity index is 1.76. The lowest BCUT2D eigenvalue weighted by Gasteiger charge is -2.08. The lowest BCUT2D eigenvalue weighted by atomic mass is 10.1. The summed E-state index contributed by atoms with van der Waals surface area (Å²) in [6.45, 7) is 2.03. The molecule has 2 nitrogen and oxygen atoms in total. The fourth-order valence-electron chi connectivity index (χ4n) is 2.13. The van der Waals surface area contributed by atoms with Crippen LogP contribution in [0.15, 0.2) is 46.5 Å². The molecule has 1 N–H and O–H groups in total. The number of rotatable bonds is 4. The Kier molecular flexibility index (Phi) is 3.96. The molecule has 1 unspecified atom stereocenters. The van der Waals surface area contributed by atoms with Crippen molar-refractivity contribution in [3.05, 3.63) is 62.6 Å². The summed E-state index contributed by atoms with van der Waals surface area (Å²) in [5.74, 6) is 0. The summed E-state index contributed by atoms with van der Waals surface area (Å²) in [6, 6.07) is 10.1. The normalized spacial score (nSPS) is 12.5. The van der Waals surface area contributed by atoms with Crippen LogP contribution in [0.3, 0.4) is 0 Å². The SMILES string of the molecule is Cc1cscc1C(O)Cc1nc(-c2ccccc2)cs1. The Morgan fingerprint density at radius 1 is 1.15 bits per heavy atom. The first kappa shape index (κ1) is 13.5. The Hall–Kier alpha value is -1.49. The molecule has 1 atom stereocenters. The number of aliphatic hydroxyl groups is 1. The molecule has 0 aliphatic carbocycles. The molecule has 0 bridgehead atoms. The molecule has 0 radical (unpaired) electrons. The molecule has 0 amide bonds. The monoisotopic (exact) mass is 301 g/mol. The van der Waals surface area contributed by atoms with Gasteiger partial charge in [-0.15, -0.1) is 11.3 Å². The second kappa shape index (κ2) is 5.87. The minimum atomic E-state index is -0.462. The molecule has 3 rings (SSSR count). The van der Waals surface area contributed by atoms with Gasteiger partial charge in [0.2, 0.25) is 0 Å². The number of hydrogen-bond donors (Lipinski definition) is 1. The van der Waals surface area contributed by atoms with Crippen LogP contribution in [0.1, 0.15) is 22.2 Å². The van der Waals surface area contributed by atoms with Crippen molar-refractivity contribution in [3.63, 3.8) is 0 Å². The highest BCUT2D eigenvalue weighted by molar-refractivity contribution is 7.10. The zero-order valence-corrected chi connectivity index (χ0v) is 12.7. The van der Waals surface area contributed by atoms with E-state index in [0.29, 0.717) is 6.42 Å². The second-order valence-corrected chi connectivity index (χ2v) is 6.41. The molecule has 0 aliphatic rings. The van der Waals surface area contributed by atoms with Crippen molar-refractivity contribution in [1.82, 2.24) is 4.98 Å². The first-order chi connectivity index (χ1) is 9.74. The molecule has 0 fully saturated rings. The summed E-state index contributed by atoms with van der Waals surface area (Å²) in [5.41, 5.74) is 4.28. The van der Waals surface area contributed by atoms with Crippen LogP contribution in [-0.4, -0.2) is 10.1 Å². The standard InChI is InChI=1S/C16H15NOS2/c1-11-8-19-9-13(11)15(18)7-16-17-14(10-20-16)12-5-3-2-4-6-12/h2-6,8-10,15,18H,7H2,1H3. The zero-order chi connectivity index (χ0) is 13.9. The lowest BCUT2D eigenvalue weighted by molar-refractivity contribution is 0.178. The first-order valence-corrected chi connectivity index (χ1v) is 8.27. The third-order valence-electron chi connectivity index (χ3n) is 3.24. The number of aliphatic hydroxyl groups excluding tert-OH is 1. The van der Waals surface area contributed by atoms with Gasteiger partial charge in [0, 0.05) is 17.4 Å². The average Bonchev–Trinajstić information content (AvgIpc) is 3.09. The van der Waals surface area contributed by atoms with Gasteiger partial charge in [0.1, 0.15) is 0 Å². The van der Waals surface area contributed by atoms with Crippen molar-refractivity contribution in [3.8, 4) is 11.3 Å². The van der Waals surface area contributed by atoms with Crippen molar-refractivity contribution >= 4 is 22.7 Å². The highest BCUT2D eigenvalue weighted by Gasteiger charge is 2.14. The quantitative estimate of drug-likeness (QED) is 0.772. The van der Waals surface area contributed by atoms with Crippen LogP contribution in [0.25, 0.3) is 11.3 Å². The van der Waals surface area contributed by atoms with E-state index in [1.54, 1.807) is 22.7 Å². The molecule has 20 heavy (non-hydrogen) atoms. The van der Waals surface area contributed by atoms with Gasteiger partial charge >= 0.3 is 0 Å². The van der Waals surface area contributed by atoms with Crippen LogP contribution in [0.5, 0.6) is 0 Å². The van der Waals surface area contributed by atoms with Gasteiger partial charge < -0.3 is 5.11 Å². The smallest absolute Gasteiger partial charge is 0.0961 e. The van der Waals surface area contributed by atoms with E-state index in [4.69, 9.17) is 0 Å². The van der Waals surface area contributed by atoms with E-state index in [0.717, 1.165) is 27.4 Å². The highest BCUT2D eigenvalue weighted by atomic mass is 32.1. The minimum absolute atomic E-state index is 0.462. The maximum absolute atomic E-state index is 10.3. The summed E-state index contributed by atoms with van der Waals surface area (Å²) >= 11 is 3.24. The molecule has 4 heteroatoms. The summed E-state index contributed by atoms with van der Waals surface area (Å²) in [5, 5.41) is 17.4. The third kappa shape index (κ3) is 2.82. The van der Waals surface area contributed by atoms with E-state index in [1.165, 1.54) is 0 Å². The second-order valence-electron chi connectivity index (χ2n) is 4.72. The van der Waals surface area contributed by atoms with Crippen LogP contribution in [0, 0.1) is 6.92 Å². The Bertz CT molecular complexity index is 687. The van der Waals surface area contributed by atoms with E-state index >= 15 is 0 Å². The largest absolute Gasteiger partial charge is 0.388 e. The van der Waals surface area contributed by atoms with Gasteiger partial charge in [0.05, 0.1) is 16.8 Å². The molecule has 3 aromatic rings. The van der Waals surface area contributed by atoms with Crippen molar-refractivity contribution in [2.75, 3.05) is 0 Å². The number of thiophene rings is 1. The van der Waals surface area contributed by atoms with E-state index in [1.807, 2.05) is 30.5 Å². The predicted octanol–water partition coefficient (Wildman–Crippen LogP) is 4.46. The number of aryl methyl sites for hydroxylation is 1. The van der Waals surface area contributed by atoms with Crippen molar-refractivity contribution in [1.29, 1.82) is 0 Å². The molecule has 2 heterocycles. The maximum atomic E-state index is 10.3. The van der Waals surface area contributed by atoms with Gasteiger partial charge in [0.15, 0.2) is 0 Å². The molecule has 0 saturated heterocycles. The number of nitrogens with zero attached hydrogens (tertiary/aromatic N) is 1. The summed E-state index contributed by atoms with van der Waals surface area (Å²) in [7, 11) is 0. The number of thiazole rings is 1. The van der Waals surface area contributed by atoms with Gasteiger partial charge in [-0.25, -0.2) is 4.98 Å². The average molecular weight is 301 g/mol. The van der Waals surface area contributed by atoms with Crippen LogP contribution in [0.2, 0.25) is 0 Å². The molecular weight excluding hydrogens is 286 g/mol. The Morgan fingerprint density at radius 3 is 2.65 bits per heavy atom. The number of aromatic nitrogens is 1. The van der Waals surface area contributed by atoms with Crippen molar-refractivity contribution in [2.24, 2.45) is 0 Å². The van der Waals surface area contributed by atoms with Crippen molar-refractivity contribution < 1.29 is 5.11 Å². The number of hydrogen-bond acceptors (Lipinski definition) is 4. The summed E-state index contributed by atoms with van der Waals surface area (Å²) in [4.78, 5) is 4.62. The van der Waals surface area contributed by atoms with Crippen molar-refractivity contribution in [2.45, 2.75) is 19.4 Å². The third-order valence-corrected chi connectivity index (χ3v) is 4.99. The zero-order valence-electron chi connectivity index (χ0n) is 11.1. The van der Waals surface area contributed by atoms with E-state index in [-0.39, 0.29) is 0 Å². The van der Waals surface area contributed by atoms with Gasteiger partial charge in [-0.3, -0.25) is 0 Å². The predicted molar refractivity (Wildman–Crippen MR) is 85.3 cm³/mol. The van der Waals surface area contributed by atoms with Crippen LogP contribution in [-0.2, 0) is 6.42 Å². The molecule has 1 aromatic carbocycles. The topological polar surface area (TPSA) is 33.1 Å². The highest BCUT2D eigenvalue weighted by Crippen LogP contribution is 2.28. The van der Waals surface area contributed by atoms with E-state index in [2.05, 4.69) is 27.9 Å². The molecule has 0 spiro atoms. The summed E-state index contributed by atoms with van der Waals surface area (Å²) in [6.07, 6.45) is 0.116. The lowest BCUT2D eigenvalue weighted by Crippen LogP contribution is -2.01.